The number of ether oxygens (including phenoxy) is 1. The highest BCUT2D eigenvalue weighted by atomic mass is 79.9. The average Bonchev–Trinajstić information content (AvgIpc) is 2.73. The molecule has 0 spiro atoms. The van der Waals surface area contributed by atoms with Gasteiger partial charge in [-0.05, 0) is 18.2 Å². The fourth-order valence-electron chi connectivity index (χ4n) is 2.29. The summed E-state index contributed by atoms with van der Waals surface area (Å²) in [6.07, 6.45) is 0. The predicted molar refractivity (Wildman–Crippen MR) is 86.9 cm³/mol. The first-order chi connectivity index (χ1) is 10.8. The van der Waals surface area contributed by atoms with Gasteiger partial charge in [-0.3, -0.25) is 14.5 Å². The molecule has 1 aliphatic rings. The Morgan fingerprint density at radius 1 is 1.39 bits per heavy atom. The number of likely N-dealkylation sites (N-methyl/N-ethyl adjacent to an activating group) is 2. The van der Waals surface area contributed by atoms with Gasteiger partial charge in [0, 0.05) is 30.7 Å². The van der Waals surface area contributed by atoms with E-state index in [0.717, 1.165) is 14.9 Å². The second-order valence-electron chi connectivity index (χ2n) is 5.32. The third kappa shape index (κ3) is 3.82. The van der Waals surface area contributed by atoms with E-state index in [1.165, 1.54) is 16.8 Å². The number of nitrogens with zero attached hydrogens (tertiary/aromatic N) is 3. The van der Waals surface area contributed by atoms with E-state index in [9.17, 15) is 14.4 Å². The molecule has 1 aliphatic heterocycles. The summed E-state index contributed by atoms with van der Waals surface area (Å²) in [6, 6.07) is 5.07. The Balaban J connectivity index is 2.05. The lowest BCUT2D eigenvalue weighted by Crippen LogP contribution is -2.41. The number of methoxy groups -OCH3 is 1. The molecule has 1 heterocycles. The van der Waals surface area contributed by atoms with Crippen LogP contribution in [0.4, 0.5) is 4.79 Å². The van der Waals surface area contributed by atoms with Crippen LogP contribution in [-0.2, 0) is 16.1 Å². The van der Waals surface area contributed by atoms with E-state index in [4.69, 9.17) is 4.74 Å². The Labute approximate surface area is 142 Å². The van der Waals surface area contributed by atoms with Gasteiger partial charge in [0.1, 0.15) is 18.8 Å². The standard InChI is InChI=1S/C15H18BrN3O4/c1-17(7-10-6-11(16)4-5-12(10)23-3)13(20)9-19-14(21)8-18(2)15(19)22/h4-6H,7-9H2,1-3H3. The summed E-state index contributed by atoms with van der Waals surface area (Å²) in [5.74, 6) is -0.00998. The zero-order valence-electron chi connectivity index (χ0n) is 13.2. The Hall–Kier alpha value is -2.09. The van der Waals surface area contributed by atoms with Crippen molar-refractivity contribution < 1.29 is 19.1 Å². The number of carbonyl (C=O) groups excluding carboxylic acids is 3. The van der Waals surface area contributed by atoms with Crippen molar-refractivity contribution in [3.05, 3.63) is 28.2 Å². The molecule has 0 unspecified atom stereocenters. The molecule has 0 aromatic heterocycles. The summed E-state index contributed by atoms with van der Waals surface area (Å²) in [4.78, 5) is 39.5. The highest BCUT2D eigenvalue weighted by Gasteiger charge is 2.35. The summed E-state index contributed by atoms with van der Waals surface area (Å²) >= 11 is 3.38. The minimum absolute atomic E-state index is 0.00921. The first-order valence-electron chi connectivity index (χ1n) is 6.95. The maximum absolute atomic E-state index is 12.3. The lowest BCUT2D eigenvalue weighted by molar-refractivity contribution is -0.136. The highest BCUT2D eigenvalue weighted by molar-refractivity contribution is 9.10. The van der Waals surface area contributed by atoms with Crippen LogP contribution in [0.5, 0.6) is 5.75 Å². The number of imide groups is 1. The molecule has 23 heavy (non-hydrogen) atoms. The highest BCUT2D eigenvalue weighted by Crippen LogP contribution is 2.24. The Morgan fingerprint density at radius 3 is 2.65 bits per heavy atom. The van der Waals surface area contributed by atoms with Gasteiger partial charge >= 0.3 is 6.03 Å². The van der Waals surface area contributed by atoms with Crippen LogP contribution in [-0.4, -0.2) is 66.8 Å². The first kappa shape index (κ1) is 17.3. The lowest BCUT2D eigenvalue weighted by Gasteiger charge is -2.21. The number of halogens is 1. The molecule has 0 N–H and O–H groups in total. The molecule has 0 atom stereocenters. The van der Waals surface area contributed by atoms with Crippen LogP contribution in [0, 0.1) is 0 Å². The third-order valence-electron chi connectivity index (χ3n) is 3.60. The van der Waals surface area contributed by atoms with Gasteiger partial charge in [-0.2, -0.15) is 0 Å². The van der Waals surface area contributed by atoms with E-state index in [-0.39, 0.29) is 24.9 Å². The lowest BCUT2D eigenvalue weighted by atomic mass is 10.2. The first-order valence-corrected chi connectivity index (χ1v) is 7.74. The fourth-order valence-corrected chi connectivity index (χ4v) is 2.70. The molecule has 0 bridgehead atoms. The summed E-state index contributed by atoms with van der Waals surface area (Å²) < 4.78 is 6.15. The van der Waals surface area contributed by atoms with Gasteiger partial charge < -0.3 is 14.5 Å². The fraction of sp³-hybridized carbons (Fsp3) is 0.400. The summed E-state index contributed by atoms with van der Waals surface area (Å²) in [5.41, 5.74) is 0.828. The van der Waals surface area contributed by atoms with Gasteiger partial charge in [0.15, 0.2) is 0 Å². The SMILES string of the molecule is COc1ccc(Br)cc1CN(C)C(=O)CN1C(=O)CN(C)C1=O. The second kappa shape index (κ2) is 6.99. The van der Waals surface area contributed by atoms with Gasteiger partial charge in [0.2, 0.25) is 5.91 Å². The molecule has 8 heteroatoms. The zero-order valence-corrected chi connectivity index (χ0v) is 14.8. The molecule has 0 saturated carbocycles. The number of hydrogen-bond donors (Lipinski definition) is 0. The maximum atomic E-state index is 12.3. The van der Waals surface area contributed by atoms with Crippen LogP contribution < -0.4 is 4.74 Å². The monoisotopic (exact) mass is 383 g/mol. The van der Waals surface area contributed by atoms with Crippen molar-refractivity contribution in [2.24, 2.45) is 0 Å². The van der Waals surface area contributed by atoms with Crippen LogP contribution in [0.1, 0.15) is 5.56 Å². The average molecular weight is 384 g/mol. The number of hydrogen-bond acceptors (Lipinski definition) is 4. The summed E-state index contributed by atoms with van der Waals surface area (Å²) in [7, 11) is 4.71. The third-order valence-corrected chi connectivity index (χ3v) is 4.09. The topological polar surface area (TPSA) is 70.2 Å². The Morgan fingerprint density at radius 2 is 2.09 bits per heavy atom. The van der Waals surface area contributed by atoms with Crippen LogP contribution in [0.15, 0.2) is 22.7 Å². The minimum atomic E-state index is -0.447. The molecular weight excluding hydrogens is 366 g/mol. The van der Waals surface area contributed by atoms with E-state index in [1.54, 1.807) is 20.2 Å². The van der Waals surface area contributed by atoms with E-state index in [1.807, 2.05) is 12.1 Å². The number of urea groups is 1. The number of rotatable bonds is 5. The summed E-state index contributed by atoms with van der Waals surface area (Å²) in [6.45, 7) is 0.0671. The van der Waals surface area contributed by atoms with Crippen molar-refractivity contribution in [3.8, 4) is 5.75 Å². The van der Waals surface area contributed by atoms with Crippen LogP contribution in [0.2, 0.25) is 0 Å². The molecule has 4 amide bonds. The Kier molecular flexibility index (Phi) is 5.25. The normalized spacial score (nSPS) is 14.4. The largest absolute Gasteiger partial charge is 0.496 e. The predicted octanol–water partition coefficient (Wildman–Crippen LogP) is 1.31. The maximum Gasteiger partial charge on any atom is 0.327 e. The molecule has 124 valence electrons. The van der Waals surface area contributed by atoms with E-state index < -0.39 is 6.03 Å². The molecule has 0 radical (unpaired) electrons. The van der Waals surface area contributed by atoms with E-state index >= 15 is 0 Å². The molecule has 0 aliphatic carbocycles. The van der Waals surface area contributed by atoms with Crippen molar-refractivity contribution in [1.29, 1.82) is 0 Å². The molecule has 1 saturated heterocycles. The molecule has 2 rings (SSSR count). The van der Waals surface area contributed by atoms with Crippen LogP contribution in [0.3, 0.4) is 0 Å². The van der Waals surface area contributed by atoms with Gasteiger partial charge in [-0.25, -0.2) is 4.79 Å². The minimum Gasteiger partial charge on any atom is -0.496 e. The molecule has 1 fully saturated rings. The van der Waals surface area contributed by atoms with E-state index in [2.05, 4.69) is 15.9 Å². The van der Waals surface area contributed by atoms with E-state index in [0.29, 0.717) is 12.3 Å². The number of carbonyl (C=O) groups is 3. The van der Waals surface area contributed by atoms with Crippen molar-refractivity contribution >= 4 is 33.8 Å². The Bertz CT molecular complexity index is 650. The molecule has 1 aromatic carbocycles. The van der Waals surface area contributed by atoms with Crippen molar-refractivity contribution in [1.82, 2.24) is 14.7 Å². The van der Waals surface area contributed by atoms with Gasteiger partial charge in [0.25, 0.3) is 5.91 Å². The molecule has 7 nitrogen and oxygen atoms in total. The van der Waals surface area contributed by atoms with Crippen molar-refractivity contribution in [2.45, 2.75) is 6.54 Å². The zero-order chi connectivity index (χ0) is 17.1. The van der Waals surface area contributed by atoms with Gasteiger partial charge in [0.05, 0.1) is 7.11 Å². The van der Waals surface area contributed by atoms with Gasteiger partial charge in [-0.15, -0.1) is 0 Å². The smallest absolute Gasteiger partial charge is 0.327 e. The number of amides is 4. The van der Waals surface area contributed by atoms with Crippen molar-refractivity contribution in [3.63, 3.8) is 0 Å². The summed E-state index contributed by atoms with van der Waals surface area (Å²) in [5, 5.41) is 0. The van der Waals surface area contributed by atoms with Crippen LogP contribution in [0.25, 0.3) is 0 Å². The second-order valence-corrected chi connectivity index (χ2v) is 6.24. The quantitative estimate of drug-likeness (QED) is 0.718. The molecule has 1 aromatic rings. The van der Waals surface area contributed by atoms with Crippen LogP contribution >= 0.6 is 15.9 Å². The number of benzene rings is 1. The molecular formula is C15H18BrN3O4. The van der Waals surface area contributed by atoms with Gasteiger partial charge in [-0.1, -0.05) is 15.9 Å². The van der Waals surface area contributed by atoms with Crippen molar-refractivity contribution in [2.75, 3.05) is 34.3 Å².